The van der Waals surface area contributed by atoms with E-state index in [0.29, 0.717) is 12.2 Å². The van der Waals surface area contributed by atoms with Crippen molar-refractivity contribution in [3.05, 3.63) is 34.4 Å². The van der Waals surface area contributed by atoms with Crippen LogP contribution in [-0.4, -0.2) is 29.1 Å². The van der Waals surface area contributed by atoms with E-state index in [4.69, 9.17) is 5.11 Å². The van der Waals surface area contributed by atoms with Gasteiger partial charge in [0.25, 0.3) is 5.69 Å². The van der Waals surface area contributed by atoms with Gasteiger partial charge < -0.3 is 10.0 Å². The SMILES string of the molecule is CCN(CC(=O)O)c1ccc([N+](=O)[O-])cc1. The molecule has 0 unspecified atom stereocenters. The molecular weight excluding hydrogens is 212 g/mol. The van der Waals surface area contributed by atoms with E-state index in [0.717, 1.165) is 0 Å². The molecule has 0 aromatic heterocycles. The summed E-state index contributed by atoms with van der Waals surface area (Å²) in [5.74, 6) is -0.930. The Balaban J connectivity index is 2.86. The molecule has 0 amide bonds. The Morgan fingerprint density at radius 1 is 1.44 bits per heavy atom. The van der Waals surface area contributed by atoms with Gasteiger partial charge in [-0.2, -0.15) is 0 Å². The molecule has 16 heavy (non-hydrogen) atoms. The quantitative estimate of drug-likeness (QED) is 0.605. The topological polar surface area (TPSA) is 83.7 Å². The second kappa shape index (κ2) is 5.11. The number of rotatable bonds is 5. The minimum absolute atomic E-state index is 0.00451. The maximum Gasteiger partial charge on any atom is 0.323 e. The number of anilines is 1. The van der Waals surface area contributed by atoms with E-state index in [-0.39, 0.29) is 12.2 Å². The molecule has 0 aliphatic rings. The van der Waals surface area contributed by atoms with E-state index in [2.05, 4.69) is 0 Å². The molecule has 1 aromatic carbocycles. The van der Waals surface area contributed by atoms with Crippen LogP contribution in [0.15, 0.2) is 24.3 Å². The van der Waals surface area contributed by atoms with E-state index in [1.54, 1.807) is 17.0 Å². The van der Waals surface area contributed by atoms with Gasteiger partial charge in [0.05, 0.1) is 4.92 Å². The maximum atomic E-state index is 10.6. The van der Waals surface area contributed by atoms with Gasteiger partial charge >= 0.3 is 5.97 Å². The van der Waals surface area contributed by atoms with Gasteiger partial charge in [0.1, 0.15) is 6.54 Å². The molecule has 6 heteroatoms. The van der Waals surface area contributed by atoms with Crippen molar-refractivity contribution in [1.29, 1.82) is 0 Å². The monoisotopic (exact) mass is 224 g/mol. The van der Waals surface area contributed by atoms with Crippen molar-refractivity contribution in [3.63, 3.8) is 0 Å². The smallest absolute Gasteiger partial charge is 0.323 e. The number of non-ortho nitro benzene ring substituents is 1. The number of carbonyl (C=O) groups is 1. The van der Waals surface area contributed by atoms with Crippen LogP contribution in [-0.2, 0) is 4.79 Å². The van der Waals surface area contributed by atoms with E-state index >= 15 is 0 Å². The van der Waals surface area contributed by atoms with E-state index in [9.17, 15) is 14.9 Å². The van der Waals surface area contributed by atoms with Crippen LogP contribution in [0.3, 0.4) is 0 Å². The van der Waals surface area contributed by atoms with E-state index < -0.39 is 10.9 Å². The average Bonchev–Trinajstić information content (AvgIpc) is 2.25. The Kier molecular flexibility index (Phi) is 3.82. The lowest BCUT2D eigenvalue weighted by Gasteiger charge is -2.20. The number of carboxylic acid groups (broad SMARTS) is 1. The van der Waals surface area contributed by atoms with Crippen molar-refractivity contribution >= 4 is 17.3 Å². The van der Waals surface area contributed by atoms with Crippen molar-refractivity contribution in [2.75, 3.05) is 18.0 Å². The third kappa shape index (κ3) is 2.94. The molecule has 0 aliphatic carbocycles. The standard InChI is InChI=1S/C10H12N2O4/c1-2-11(7-10(13)14)8-3-5-9(6-4-8)12(15)16/h3-6H,2,7H2,1H3,(H,13,14). The third-order valence-electron chi connectivity index (χ3n) is 2.13. The van der Waals surface area contributed by atoms with Crippen LogP contribution in [0.2, 0.25) is 0 Å². The fourth-order valence-electron chi connectivity index (χ4n) is 1.33. The number of hydrogen-bond acceptors (Lipinski definition) is 4. The second-order valence-electron chi connectivity index (χ2n) is 3.18. The molecule has 0 radical (unpaired) electrons. The Labute approximate surface area is 92.3 Å². The molecule has 0 spiro atoms. The van der Waals surface area contributed by atoms with Gasteiger partial charge in [0.2, 0.25) is 0 Å². The van der Waals surface area contributed by atoms with Crippen molar-refractivity contribution < 1.29 is 14.8 Å². The molecule has 0 bridgehead atoms. The predicted molar refractivity (Wildman–Crippen MR) is 58.6 cm³/mol. The normalized spacial score (nSPS) is 9.81. The first kappa shape index (κ1) is 12.0. The average molecular weight is 224 g/mol. The lowest BCUT2D eigenvalue weighted by atomic mass is 10.2. The Hall–Kier alpha value is -2.11. The van der Waals surface area contributed by atoms with Crippen LogP contribution in [0, 0.1) is 10.1 Å². The minimum atomic E-state index is -0.930. The van der Waals surface area contributed by atoms with Crippen LogP contribution in [0.4, 0.5) is 11.4 Å². The van der Waals surface area contributed by atoms with Crippen molar-refractivity contribution in [2.24, 2.45) is 0 Å². The number of benzene rings is 1. The number of nitrogens with zero attached hydrogens (tertiary/aromatic N) is 2. The lowest BCUT2D eigenvalue weighted by molar-refractivity contribution is -0.384. The van der Waals surface area contributed by atoms with Gasteiger partial charge in [0.15, 0.2) is 0 Å². The molecule has 0 heterocycles. The molecular formula is C10H12N2O4. The molecule has 0 saturated carbocycles. The summed E-state index contributed by atoms with van der Waals surface area (Å²) in [7, 11) is 0. The highest BCUT2D eigenvalue weighted by Crippen LogP contribution is 2.18. The van der Waals surface area contributed by atoms with Crippen molar-refractivity contribution in [1.82, 2.24) is 0 Å². The fourth-order valence-corrected chi connectivity index (χ4v) is 1.33. The number of hydrogen-bond donors (Lipinski definition) is 1. The van der Waals surface area contributed by atoms with Gasteiger partial charge in [-0.3, -0.25) is 14.9 Å². The predicted octanol–water partition coefficient (Wildman–Crippen LogP) is 1.51. The second-order valence-corrected chi connectivity index (χ2v) is 3.18. The van der Waals surface area contributed by atoms with Gasteiger partial charge in [-0.05, 0) is 19.1 Å². The first-order valence-corrected chi connectivity index (χ1v) is 4.75. The number of nitro benzene ring substituents is 1. The molecule has 1 aromatic rings. The molecule has 6 nitrogen and oxygen atoms in total. The lowest BCUT2D eigenvalue weighted by Crippen LogP contribution is -2.29. The van der Waals surface area contributed by atoms with Gasteiger partial charge in [-0.1, -0.05) is 0 Å². The van der Waals surface area contributed by atoms with Crippen LogP contribution < -0.4 is 4.90 Å². The van der Waals surface area contributed by atoms with Crippen molar-refractivity contribution in [3.8, 4) is 0 Å². The molecule has 0 aliphatic heterocycles. The molecule has 0 fully saturated rings. The Morgan fingerprint density at radius 2 is 2.00 bits per heavy atom. The largest absolute Gasteiger partial charge is 0.480 e. The summed E-state index contributed by atoms with van der Waals surface area (Å²) in [6, 6.07) is 5.81. The summed E-state index contributed by atoms with van der Waals surface area (Å²) in [5.41, 5.74) is 0.658. The van der Waals surface area contributed by atoms with Crippen LogP contribution in [0.25, 0.3) is 0 Å². The first-order valence-electron chi connectivity index (χ1n) is 4.75. The van der Waals surface area contributed by atoms with Gasteiger partial charge in [-0.25, -0.2) is 0 Å². The number of aliphatic carboxylic acids is 1. The highest BCUT2D eigenvalue weighted by atomic mass is 16.6. The van der Waals surface area contributed by atoms with E-state index in [1.165, 1.54) is 12.1 Å². The number of carboxylic acids is 1. The summed E-state index contributed by atoms with van der Waals surface area (Å²) in [6.45, 7) is 2.24. The maximum absolute atomic E-state index is 10.6. The summed E-state index contributed by atoms with van der Waals surface area (Å²) in [5, 5.41) is 19.1. The zero-order valence-electron chi connectivity index (χ0n) is 8.79. The highest BCUT2D eigenvalue weighted by Gasteiger charge is 2.10. The van der Waals surface area contributed by atoms with Gasteiger partial charge in [0, 0.05) is 24.4 Å². The number of likely N-dealkylation sites (N-methyl/N-ethyl adjacent to an activating group) is 1. The molecule has 86 valence electrons. The summed E-state index contributed by atoms with van der Waals surface area (Å²) < 4.78 is 0. The van der Waals surface area contributed by atoms with Crippen LogP contribution >= 0.6 is 0 Å². The summed E-state index contributed by atoms with van der Waals surface area (Å²) in [6.07, 6.45) is 0. The molecule has 1 N–H and O–H groups in total. The van der Waals surface area contributed by atoms with E-state index in [1.807, 2.05) is 6.92 Å². The highest BCUT2D eigenvalue weighted by molar-refractivity contribution is 5.73. The fraction of sp³-hybridized carbons (Fsp3) is 0.300. The zero-order chi connectivity index (χ0) is 12.1. The number of nitro groups is 1. The third-order valence-corrected chi connectivity index (χ3v) is 2.13. The first-order chi connectivity index (χ1) is 7.54. The molecule has 0 atom stereocenters. The summed E-state index contributed by atoms with van der Waals surface area (Å²) in [4.78, 5) is 22.1. The van der Waals surface area contributed by atoms with Gasteiger partial charge in [-0.15, -0.1) is 0 Å². The minimum Gasteiger partial charge on any atom is -0.480 e. The van der Waals surface area contributed by atoms with Crippen LogP contribution in [0.5, 0.6) is 0 Å². The summed E-state index contributed by atoms with van der Waals surface area (Å²) >= 11 is 0. The molecule has 1 rings (SSSR count). The Morgan fingerprint density at radius 3 is 2.38 bits per heavy atom. The zero-order valence-corrected chi connectivity index (χ0v) is 8.79. The van der Waals surface area contributed by atoms with Crippen LogP contribution in [0.1, 0.15) is 6.92 Å². The Bertz CT molecular complexity index is 388. The molecule has 0 saturated heterocycles. The van der Waals surface area contributed by atoms with Crippen molar-refractivity contribution in [2.45, 2.75) is 6.92 Å².